The molecule has 3 aliphatic heterocycles. The monoisotopic (exact) mass is 374 g/mol. The first-order valence-electron chi connectivity index (χ1n) is 10.7. The molecule has 0 N–H and O–H groups in total. The van der Waals surface area contributed by atoms with Crippen LogP contribution in [0.3, 0.4) is 0 Å². The number of carbonyl (C=O) groups excluding carboxylic acids is 2. The second-order valence-electron chi connectivity index (χ2n) is 9.45. The summed E-state index contributed by atoms with van der Waals surface area (Å²) in [5.41, 5.74) is 0. The minimum Gasteiger partial charge on any atom is -0.460 e. The smallest absolute Gasteiger partial charge is 0.309 e. The first-order valence-corrected chi connectivity index (χ1v) is 10.7. The summed E-state index contributed by atoms with van der Waals surface area (Å²) in [6.45, 7) is 5.17. The highest BCUT2D eigenvalue weighted by atomic mass is 16.6. The van der Waals surface area contributed by atoms with E-state index in [1.807, 2.05) is 21.0 Å². The van der Waals surface area contributed by atoms with Crippen molar-refractivity contribution in [1.29, 1.82) is 0 Å². The Balaban J connectivity index is 1.62. The maximum Gasteiger partial charge on any atom is 0.309 e. The lowest BCUT2D eigenvalue weighted by molar-refractivity contribution is -0.146. The van der Waals surface area contributed by atoms with Crippen LogP contribution in [-0.4, -0.2) is 60.5 Å². The molecule has 1 aliphatic carbocycles. The third-order valence-electron chi connectivity index (χ3n) is 7.57. The Bertz CT molecular complexity index is 631. The number of esters is 1. The minimum absolute atomic E-state index is 0.00361. The topological polar surface area (TPSA) is 49.9 Å². The summed E-state index contributed by atoms with van der Waals surface area (Å²) in [7, 11) is 3.70. The van der Waals surface area contributed by atoms with Crippen LogP contribution in [0.4, 0.5) is 0 Å². The SMILES string of the molecule is CC(C(=O)N(C)C)[C@H]1C=C[C@H]2CCCCN3[C@H]2[C@@H]1C[C@H]3[C@@H]1C[C@H](C)C(=O)O1. The number of hydrogen-bond donors (Lipinski definition) is 0. The van der Waals surface area contributed by atoms with Crippen LogP contribution in [0.1, 0.15) is 46.0 Å². The van der Waals surface area contributed by atoms with Gasteiger partial charge in [0, 0.05) is 32.1 Å². The van der Waals surface area contributed by atoms with Crippen molar-refractivity contribution in [3.05, 3.63) is 12.2 Å². The molecule has 8 atom stereocenters. The molecule has 0 saturated carbocycles. The Morgan fingerprint density at radius 3 is 2.70 bits per heavy atom. The molecule has 0 aromatic carbocycles. The van der Waals surface area contributed by atoms with E-state index in [0.717, 1.165) is 19.4 Å². The molecule has 3 fully saturated rings. The number of rotatable bonds is 3. The number of hydrogen-bond acceptors (Lipinski definition) is 4. The quantitative estimate of drug-likeness (QED) is 0.563. The van der Waals surface area contributed by atoms with Gasteiger partial charge in [0.05, 0.1) is 5.92 Å². The van der Waals surface area contributed by atoms with Crippen molar-refractivity contribution in [2.75, 3.05) is 20.6 Å². The molecule has 0 bridgehead atoms. The fourth-order valence-electron chi connectivity index (χ4n) is 6.22. The molecule has 0 aromatic heterocycles. The van der Waals surface area contributed by atoms with Crippen molar-refractivity contribution in [1.82, 2.24) is 9.80 Å². The lowest BCUT2D eigenvalue weighted by atomic mass is 9.69. The largest absolute Gasteiger partial charge is 0.460 e. The Hall–Kier alpha value is -1.36. The average molecular weight is 375 g/mol. The van der Waals surface area contributed by atoms with E-state index >= 15 is 0 Å². The van der Waals surface area contributed by atoms with Crippen LogP contribution in [0, 0.1) is 29.6 Å². The van der Waals surface area contributed by atoms with Gasteiger partial charge in [0.25, 0.3) is 0 Å². The lowest BCUT2D eigenvalue weighted by Gasteiger charge is -2.41. The zero-order valence-electron chi connectivity index (χ0n) is 17.1. The Kier molecular flexibility index (Phi) is 5.08. The van der Waals surface area contributed by atoms with Crippen molar-refractivity contribution >= 4 is 11.9 Å². The van der Waals surface area contributed by atoms with Crippen molar-refractivity contribution in [3.8, 4) is 0 Å². The van der Waals surface area contributed by atoms with E-state index in [0.29, 0.717) is 23.9 Å². The van der Waals surface area contributed by atoms with Crippen LogP contribution in [0.15, 0.2) is 12.2 Å². The van der Waals surface area contributed by atoms with Gasteiger partial charge in [-0.3, -0.25) is 14.5 Å². The van der Waals surface area contributed by atoms with Gasteiger partial charge in [-0.05, 0) is 50.0 Å². The number of allylic oxidation sites excluding steroid dienone is 1. The maximum absolute atomic E-state index is 12.7. The van der Waals surface area contributed by atoms with Gasteiger partial charge >= 0.3 is 5.97 Å². The first-order chi connectivity index (χ1) is 12.9. The molecule has 150 valence electrons. The third kappa shape index (κ3) is 3.22. The molecule has 4 aliphatic rings. The van der Waals surface area contributed by atoms with Crippen molar-refractivity contribution < 1.29 is 14.3 Å². The molecular formula is C22H34N2O3. The van der Waals surface area contributed by atoms with Crippen LogP contribution >= 0.6 is 0 Å². The van der Waals surface area contributed by atoms with Crippen LogP contribution in [-0.2, 0) is 14.3 Å². The molecule has 4 rings (SSSR count). The molecule has 5 heteroatoms. The van der Waals surface area contributed by atoms with Crippen LogP contribution in [0.5, 0.6) is 0 Å². The van der Waals surface area contributed by atoms with Gasteiger partial charge in [0.2, 0.25) is 5.91 Å². The Morgan fingerprint density at radius 2 is 2.04 bits per heavy atom. The third-order valence-corrected chi connectivity index (χ3v) is 7.57. The second-order valence-corrected chi connectivity index (χ2v) is 9.45. The Labute approximate surface area is 163 Å². The number of cyclic esters (lactones) is 1. The Morgan fingerprint density at radius 1 is 1.26 bits per heavy atom. The number of carbonyl (C=O) groups is 2. The highest BCUT2D eigenvalue weighted by Gasteiger charge is 2.54. The number of amides is 1. The second kappa shape index (κ2) is 7.23. The lowest BCUT2D eigenvalue weighted by Crippen LogP contribution is -2.48. The van der Waals surface area contributed by atoms with E-state index in [1.54, 1.807) is 4.90 Å². The molecule has 0 radical (unpaired) electrons. The molecule has 5 nitrogen and oxygen atoms in total. The summed E-state index contributed by atoms with van der Waals surface area (Å²) < 4.78 is 5.80. The summed E-state index contributed by atoms with van der Waals surface area (Å²) in [5.74, 6) is 1.53. The number of nitrogens with zero attached hydrogens (tertiary/aromatic N) is 2. The van der Waals surface area contributed by atoms with Gasteiger partial charge in [0.15, 0.2) is 0 Å². The standard InChI is InChI=1S/C22H34N2O3/c1-13-11-19(27-22(13)26)18-12-17-16(14(2)21(25)23(3)4)9-8-15-7-5-6-10-24(18)20(15)17/h8-9,13-20H,5-7,10-12H2,1-4H3/t13-,14?,15+,16+,17+,18-,19-,20+/m0/s1. The van der Waals surface area contributed by atoms with Crippen LogP contribution in [0.25, 0.3) is 0 Å². The van der Waals surface area contributed by atoms with Gasteiger partial charge in [0.1, 0.15) is 6.10 Å². The minimum atomic E-state index is -0.0351. The molecular weight excluding hydrogens is 340 g/mol. The van der Waals surface area contributed by atoms with E-state index in [-0.39, 0.29) is 35.7 Å². The normalized spacial score (nSPS) is 42.4. The highest BCUT2D eigenvalue weighted by Crippen LogP contribution is 2.49. The van der Waals surface area contributed by atoms with Gasteiger partial charge in [-0.1, -0.05) is 32.4 Å². The summed E-state index contributed by atoms with van der Waals surface area (Å²) in [6.07, 6.45) is 10.4. The average Bonchev–Trinajstić information content (AvgIpc) is 3.09. The van der Waals surface area contributed by atoms with Crippen molar-refractivity contribution in [2.24, 2.45) is 29.6 Å². The molecule has 3 saturated heterocycles. The molecule has 3 heterocycles. The summed E-state index contributed by atoms with van der Waals surface area (Å²) in [4.78, 5) is 29.1. The highest BCUT2D eigenvalue weighted by molar-refractivity contribution is 5.78. The molecule has 0 aromatic rings. The predicted molar refractivity (Wildman–Crippen MR) is 104 cm³/mol. The van der Waals surface area contributed by atoms with Gasteiger partial charge in [-0.15, -0.1) is 0 Å². The summed E-state index contributed by atoms with van der Waals surface area (Å²) in [6, 6.07) is 0.818. The van der Waals surface area contributed by atoms with Crippen LogP contribution < -0.4 is 0 Å². The molecule has 0 spiro atoms. The number of ether oxygens (including phenoxy) is 1. The maximum atomic E-state index is 12.7. The van der Waals surface area contributed by atoms with E-state index in [4.69, 9.17) is 4.74 Å². The van der Waals surface area contributed by atoms with Crippen molar-refractivity contribution in [2.45, 2.75) is 64.1 Å². The predicted octanol–water partition coefficient (Wildman–Crippen LogP) is 2.71. The summed E-state index contributed by atoms with van der Waals surface area (Å²) >= 11 is 0. The van der Waals surface area contributed by atoms with E-state index in [1.165, 1.54) is 19.3 Å². The molecule has 27 heavy (non-hydrogen) atoms. The summed E-state index contributed by atoms with van der Waals surface area (Å²) in [5, 5.41) is 0. The van der Waals surface area contributed by atoms with E-state index in [2.05, 4.69) is 24.0 Å². The molecule has 1 amide bonds. The van der Waals surface area contributed by atoms with Crippen molar-refractivity contribution in [3.63, 3.8) is 0 Å². The van der Waals surface area contributed by atoms with Gasteiger partial charge in [-0.25, -0.2) is 0 Å². The van der Waals surface area contributed by atoms with E-state index in [9.17, 15) is 9.59 Å². The fourth-order valence-corrected chi connectivity index (χ4v) is 6.22. The first kappa shape index (κ1) is 19.0. The van der Waals surface area contributed by atoms with Gasteiger partial charge < -0.3 is 9.64 Å². The zero-order valence-corrected chi connectivity index (χ0v) is 17.1. The van der Waals surface area contributed by atoms with Gasteiger partial charge in [-0.2, -0.15) is 0 Å². The fraction of sp³-hybridized carbons (Fsp3) is 0.818. The van der Waals surface area contributed by atoms with Crippen LogP contribution in [0.2, 0.25) is 0 Å². The van der Waals surface area contributed by atoms with E-state index < -0.39 is 0 Å². The molecule has 1 unspecified atom stereocenters. The zero-order chi connectivity index (χ0) is 19.3.